The number of hydrogen-bond donors (Lipinski definition) is 2. The number of aromatic nitrogens is 4. The summed E-state index contributed by atoms with van der Waals surface area (Å²) in [5.74, 6) is 0.242. The van der Waals surface area contributed by atoms with E-state index in [1.807, 2.05) is 66.7 Å². The fraction of sp³-hybridized carbons (Fsp3) is 0.451. The number of rotatable bonds is 8. The highest BCUT2D eigenvalue weighted by Gasteiger charge is 2.45. The number of ether oxygens (including phenoxy) is 1. The van der Waals surface area contributed by atoms with Crippen LogP contribution < -0.4 is 15.8 Å². The Labute approximate surface area is 394 Å². The molecule has 11 rings (SSSR count). The van der Waals surface area contributed by atoms with E-state index in [1.54, 1.807) is 6.07 Å². The minimum atomic E-state index is -0.970. The molecule has 5 aromatic rings. The van der Waals surface area contributed by atoms with Crippen LogP contribution in [0.4, 0.5) is 10.6 Å². The summed E-state index contributed by atoms with van der Waals surface area (Å²) in [7, 11) is 0. The number of urea groups is 1. The highest BCUT2D eigenvalue weighted by molar-refractivity contribution is 6.23. The van der Waals surface area contributed by atoms with Crippen LogP contribution in [-0.2, 0) is 9.59 Å². The number of piperidine rings is 5. The molecule has 2 unspecified atom stereocenters. The predicted octanol–water partition coefficient (Wildman–Crippen LogP) is 5.83. The van der Waals surface area contributed by atoms with Gasteiger partial charge >= 0.3 is 6.03 Å². The second kappa shape index (κ2) is 18.4. The number of fused-ring (bicyclic) bond motifs is 2. The molecule has 5 saturated heterocycles. The number of anilines is 1. The Bertz CT molecular complexity index is 2740. The molecule has 6 amide bonds. The molecular formula is C51H57N11O6. The first kappa shape index (κ1) is 43.8. The largest absolute Gasteiger partial charge is 0.457 e. The fourth-order valence-electron chi connectivity index (χ4n) is 11.7. The van der Waals surface area contributed by atoms with Gasteiger partial charge in [0.15, 0.2) is 5.65 Å². The van der Waals surface area contributed by atoms with Crippen molar-refractivity contribution in [1.82, 2.24) is 49.6 Å². The van der Waals surface area contributed by atoms with Crippen LogP contribution in [-0.4, -0.2) is 144 Å². The number of carbonyl (C=O) groups is 5. The zero-order valence-corrected chi connectivity index (χ0v) is 38.2. The number of carbonyl (C=O) groups excluding carboxylic acids is 5. The van der Waals surface area contributed by atoms with E-state index in [2.05, 4.69) is 34.6 Å². The van der Waals surface area contributed by atoms with Crippen LogP contribution in [0.1, 0.15) is 102 Å². The van der Waals surface area contributed by atoms with Crippen LogP contribution in [0.25, 0.3) is 22.3 Å². The van der Waals surface area contributed by atoms with Gasteiger partial charge in [-0.1, -0.05) is 24.3 Å². The molecule has 5 fully saturated rings. The van der Waals surface area contributed by atoms with Gasteiger partial charge in [-0.05, 0) is 137 Å². The third-order valence-corrected chi connectivity index (χ3v) is 15.4. The molecular weight excluding hydrogens is 863 g/mol. The molecule has 17 heteroatoms. The number of likely N-dealkylation sites (tertiary alicyclic amines) is 4. The first-order valence-corrected chi connectivity index (χ1v) is 24.4. The molecule has 6 aliphatic rings. The van der Waals surface area contributed by atoms with Crippen molar-refractivity contribution >= 4 is 46.5 Å². The van der Waals surface area contributed by atoms with Crippen molar-refractivity contribution in [3.63, 3.8) is 0 Å². The van der Waals surface area contributed by atoms with Crippen molar-refractivity contribution in [2.24, 2.45) is 0 Å². The van der Waals surface area contributed by atoms with Crippen molar-refractivity contribution in [3.8, 4) is 22.8 Å². The molecule has 3 aromatic carbocycles. The molecule has 0 radical (unpaired) electrons. The average molecular weight is 920 g/mol. The summed E-state index contributed by atoms with van der Waals surface area (Å²) in [6.45, 7) is 6.73. The van der Waals surface area contributed by atoms with Gasteiger partial charge in [0.2, 0.25) is 11.8 Å². The summed E-state index contributed by atoms with van der Waals surface area (Å²) < 4.78 is 8.10. The quantitative estimate of drug-likeness (QED) is 0.177. The Hall–Kier alpha value is -6.72. The van der Waals surface area contributed by atoms with Crippen molar-refractivity contribution in [3.05, 3.63) is 95.8 Å². The van der Waals surface area contributed by atoms with Crippen molar-refractivity contribution in [2.75, 3.05) is 58.1 Å². The van der Waals surface area contributed by atoms with Crippen LogP contribution in [0.3, 0.4) is 0 Å². The maximum atomic E-state index is 13.9. The van der Waals surface area contributed by atoms with Gasteiger partial charge in [0.25, 0.3) is 11.8 Å². The normalized spacial score (nSPS) is 22.8. The van der Waals surface area contributed by atoms with Crippen molar-refractivity contribution < 1.29 is 28.7 Å². The Kier molecular flexibility index (Phi) is 11.9. The van der Waals surface area contributed by atoms with Crippen molar-refractivity contribution in [2.45, 2.75) is 94.3 Å². The molecule has 17 nitrogen and oxygen atoms in total. The Balaban J connectivity index is 0.654. The molecule has 2 aromatic heterocycles. The first-order valence-electron chi connectivity index (χ1n) is 24.4. The monoisotopic (exact) mass is 919 g/mol. The number of hydrogen-bond acceptors (Lipinski definition) is 12. The predicted molar refractivity (Wildman–Crippen MR) is 253 cm³/mol. The van der Waals surface area contributed by atoms with Crippen LogP contribution in [0.15, 0.2) is 79.1 Å². The van der Waals surface area contributed by atoms with E-state index >= 15 is 0 Å². The zero-order chi connectivity index (χ0) is 46.5. The van der Waals surface area contributed by atoms with Gasteiger partial charge in [0, 0.05) is 56.8 Å². The topological polar surface area (TPSA) is 192 Å². The van der Waals surface area contributed by atoms with Crippen LogP contribution >= 0.6 is 0 Å². The molecule has 0 bridgehead atoms. The molecule has 2 atom stereocenters. The van der Waals surface area contributed by atoms with Gasteiger partial charge in [-0.25, -0.2) is 19.4 Å². The van der Waals surface area contributed by atoms with Gasteiger partial charge < -0.3 is 25.2 Å². The Morgan fingerprint density at radius 2 is 1.35 bits per heavy atom. The molecule has 8 heterocycles. The third kappa shape index (κ3) is 8.35. The minimum absolute atomic E-state index is 0.0939. The fourth-order valence-corrected chi connectivity index (χ4v) is 11.7. The summed E-state index contributed by atoms with van der Waals surface area (Å²) in [5.41, 5.74) is 10.6. The number of imide groups is 2. The summed E-state index contributed by atoms with van der Waals surface area (Å²) in [5, 5.41) is 8.20. The van der Waals surface area contributed by atoms with Gasteiger partial charge in [0.1, 0.15) is 35.4 Å². The summed E-state index contributed by atoms with van der Waals surface area (Å²) >= 11 is 0. The van der Waals surface area contributed by atoms with E-state index in [-0.39, 0.29) is 36.7 Å². The highest BCUT2D eigenvalue weighted by Crippen LogP contribution is 2.38. The van der Waals surface area contributed by atoms with E-state index in [9.17, 15) is 24.0 Å². The molecule has 6 aliphatic heterocycles. The van der Waals surface area contributed by atoms with E-state index in [4.69, 9.17) is 20.6 Å². The second-order valence-corrected chi connectivity index (χ2v) is 19.3. The Morgan fingerprint density at radius 3 is 2.06 bits per heavy atom. The van der Waals surface area contributed by atoms with Gasteiger partial charge in [-0.2, -0.15) is 5.10 Å². The van der Waals surface area contributed by atoms with Gasteiger partial charge in [-0.3, -0.25) is 34.3 Å². The maximum Gasteiger partial charge on any atom is 0.320 e. The SMILES string of the molecule is Nc1ncnc2c1c(-c1ccc(Oc3ccccc3)cc1)nn2C1CCCN(C2CCN(C(=O)N3CCC(N4CCC(c5ccc6c(c5)C(=O)N(C5CCC(=O)NC5=O)C6=O)CC4)CC3)CC2)C1. The number of nitrogen functional groups attached to an aromatic ring is 1. The Morgan fingerprint density at radius 1 is 0.676 bits per heavy atom. The molecule has 0 aliphatic carbocycles. The standard InChI is InChI=1S/C51H57N11O6/c52-46-44-45(33-8-11-39(12-9-33)68-38-6-2-1-3-7-38)56-62(47(44)54-31-53-46)37-5-4-22-60(30-37)36-20-27-59(28-21-36)51(67)58-25-18-35(19-26-58)57-23-16-32(17-24-57)34-10-13-40-41(29-34)50(66)61(49(40)65)42-14-15-43(63)55-48(42)64/h1-3,6-13,29,31-32,35-37,42H,4-5,14-28,30H2,(H2,52,53,54)(H,55,63,64). The van der Waals surface area contributed by atoms with Crippen LogP contribution in [0.2, 0.25) is 0 Å². The summed E-state index contributed by atoms with van der Waals surface area (Å²) in [4.78, 5) is 84.1. The lowest BCUT2D eigenvalue weighted by Crippen LogP contribution is -2.55. The van der Waals surface area contributed by atoms with E-state index < -0.39 is 23.8 Å². The van der Waals surface area contributed by atoms with Gasteiger partial charge in [-0.15, -0.1) is 0 Å². The average Bonchev–Trinajstić information content (AvgIpc) is 3.89. The first-order chi connectivity index (χ1) is 33.2. The number of amides is 6. The summed E-state index contributed by atoms with van der Waals surface area (Å²) in [6, 6.07) is 23.2. The number of nitrogens with zero attached hydrogens (tertiary/aromatic N) is 9. The molecule has 352 valence electrons. The van der Waals surface area contributed by atoms with Gasteiger partial charge in [0.05, 0.1) is 22.6 Å². The summed E-state index contributed by atoms with van der Waals surface area (Å²) in [6.07, 6.45) is 9.43. The maximum absolute atomic E-state index is 13.9. The lowest BCUT2D eigenvalue weighted by molar-refractivity contribution is -0.136. The van der Waals surface area contributed by atoms with Crippen LogP contribution in [0, 0.1) is 0 Å². The number of nitrogens with one attached hydrogen (secondary N) is 1. The van der Waals surface area contributed by atoms with Crippen LogP contribution in [0.5, 0.6) is 11.5 Å². The minimum Gasteiger partial charge on any atom is -0.457 e. The third-order valence-electron chi connectivity index (χ3n) is 15.4. The molecule has 68 heavy (non-hydrogen) atoms. The van der Waals surface area contributed by atoms with Crippen molar-refractivity contribution in [1.29, 1.82) is 0 Å². The lowest BCUT2D eigenvalue weighted by atomic mass is 9.86. The smallest absolute Gasteiger partial charge is 0.320 e. The molecule has 3 N–H and O–H groups in total. The van der Waals surface area contributed by atoms with E-state index in [0.29, 0.717) is 29.0 Å². The lowest BCUT2D eigenvalue weighted by Gasteiger charge is -2.45. The highest BCUT2D eigenvalue weighted by atomic mass is 16.5. The zero-order valence-electron chi connectivity index (χ0n) is 38.2. The number of benzene rings is 3. The number of nitrogens with two attached hydrogens (primary N) is 1. The molecule has 0 saturated carbocycles. The van der Waals surface area contributed by atoms with E-state index in [0.717, 1.165) is 148 Å². The number of para-hydroxylation sites is 1. The second-order valence-electron chi connectivity index (χ2n) is 19.3. The van der Waals surface area contributed by atoms with E-state index in [1.165, 1.54) is 6.33 Å². The molecule has 0 spiro atoms.